The third kappa shape index (κ3) is 17.1. The van der Waals surface area contributed by atoms with Crippen LogP contribution in [-0.2, 0) is 19.1 Å². The van der Waals surface area contributed by atoms with E-state index < -0.39 is 9.49 Å². The molecule has 0 bridgehead atoms. The Morgan fingerprint density at radius 2 is 0.779 bits per heavy atom. The van der Waals surface area contributed by atoms with Crippen molar-refractivity contribution in [1.82, 2.24) is 10.6 Å². The lowest BCUT2D eigenvalue weighted by molar-refractivity contribution is -0.120. The summed E-state index contributed by atoms with van der Waals surface area (Å²) in [5.74, 6) is -0.0780. The molecule has 2 heterocycles. The van der Waals surface area contributed by atoms with Gasteiger partial charge in [0.15, 0.2) is 10.3 Å². The monoisotopic (exact) mass is 1200 g/mol. The molecule has 0 unspecified atom stereocenters. The summed E-state index contributed by atoms with van der Waals surface area (Å²) < 4.78 is -1.16. The van der Waals surface area contributed by atoms with E-state index in [0.717, 1.165) is 99.1 Å². The largest absolute Gasteiger partial charge is 0.378 e. The lowest BCUT2D eigenvalue weighted by atomic mass is 9.82. The maximum absolute atomic E-state index is 13.3. The highest BCUT2D eigenvalue weighted by Gasteiger charge is 2.45. The van der Waals surface area contributed by atoms with Crippen LogP contribution in [0.5, 0.6) is 0 Å². The predicted molar refractivity (Wildman–Crippen MR) is 375 cm³/mol. The van der Waals surface area contributed by atoms with Crippen LogP contribution in [0.25, 0.3) is 0 Å². The molecule has 86 heavy (non-hydrogen) atoms. The first-order chi connectivity index (χ1) is 41.4. The maximum Gasteiger partial charge on any atom is 0.225 e. The molecule has 0 radical (unpaired) electrons. The third-order valence-corrected chi connectivity index (χ3v) is 19.4. The number of amidine groups is 2. The van der Waals surface area contributed by atoms with E-state index in [2.05, 4.69) is 224 Å². The van der Waals surface area contributed by atoms with Gasteiger partial charge in [-0.25, -0.2) is 9.98 Å². The number of carbonyl (C=O) groups excluding carboxylic acids is 2. The Bertz CT molecular complexity index is 3060. The van der Waals surface area contributed by atoms with Gasteiger partial charge in [0.2, 0.25) is 11.8 Å². The van der Waals surface area contributed by atoms with Gasteiger partial charge in [0, 0.05) is 122 Å². The van der Waals surface area contributed by atoms with E-state index in [-0.39, 0.29) is 11.8 Å². The maximum atomic E-state index is 13.3. The Morgan fingerprint density at radius 3 is 1.16 bits per heavy atom. The summed E-state index contributed by atoms with van der Waals surface area (Å²) in [5.41, 5.74) is 15.5. The summed E-state index contributed by atoms with van der Waals surface area (Å²) in [6.45, 7) is 12.1. The average Bonchev–Trinajstić information content (AvgIpc) is 0.795. The Labute approximate surface area is 525 Å². The lowest BCUT2D eigenvalue weighted by Crippen LogP contribution is -2.37. The smallest absolute Gasteiger partial charge is 0.225 e. The normalized spacial score (nSPS) is 13.6. The minimum Gasteiger partial charge on any atom is -0.378 e. The summed E-state index contributed by atoms with van der Waals surface area (Å²) in [6, 6.07) is 48.1. The van der Waals surface area contributed by atoms with Gasteiger partial charge in [0.25, 0.3) is 0 Å². The van der Waals surface area contributed by atoms with Crippen LogP contribution in [0.3, 0.4) is 0 Å². The number of amides is 2. The van der Waals surface area contributed by atoms with Gasteiger partial charge >= 0.3 is 0 Å². The zero-order valence-electron chi connectivity index (χ0n) is 54.2. The molecule has 0 atom stereocenters. The zero-order valence-corrected chi connectivity index (χ0v) is 55.8. The second kappa shape index (κ2) is 32.3. The molecule has 0 aliphatic carbocycles. The van der Waals surface area contributed by atoms with Gasteiger partial charge in [-0.1, -0.05) is 193 Å². The van der Waals surface area contributed by atoms with E-state index in [4.69, 9.17) is 9.98 Å². The Kier molecular flexibility index (Phi) is 25.1. The first-order valence-corrected chi connectivity index (χ1v) is 33.3. The fraction of sp³-hybridized carbons (Fsp3) is 0.452. The van der Waals surface area contributed by atoms with Crippen molar-refractivity contribution in [3.8, 4) is 0 Å². The van der Waals surface area contributed by atoms with Crippen molar-refractivity contribution >= 4 is 85.5 Å². The van der Waals surface area contributed by atoms with E-state index >= 15 is 0 Å². The fourth-order valence-corrected chi connectivity index (χ4v) is 14.5. The highest BCUT2D eigenvalue weighted by Crippen LogP contribution is 2.57. The van der Waals surface area contributed by atoms with Crippen LogP contribution in [0.1, 0.15) is 169 Å². The number of carbonyl (C=O) groups is 2. The minimum atomic E-state index is -0.591. The molecule has 0 saturated heterocycles. The van der Waals surface area contributed by atoms with Gasteiger partial charge < -0.3 is 35.1 Å². The van der Waals surface area contributed by atoms with E-state index in [1.807, 2.05) is 28.2 Å². The van der Waals surface area contributed by atoms with Crippen molar-refractivity contribution in [2.45, 2.75) is 147 Å². The number of rotatable bonds is 27. The van der Waals surface area contributed by atoms with Crippen LogP contribution in [0.4, 0.5) is 39.8 Å². The lowest BCUT2D eigenvalue weighted by Gasteiger charge is -2.39. The molecule has 0 spiro atoms. The molecule has 2 aliphatic rings. The standard InChI is InChI=1S/C43H62N4OS.C30H37N5OS/c1-7-8-9-10-11-12-13-14-15-16-17-18-19-20-21-22-41(48)45-42-44-40-32-23-34(2)33-39(40)43(49-42,35-24-28-37(29-25-35)46(3)4)36-26-30-38(31-27-36)47(5)6;1-8-35(9-2)26-18-19-27-28(20-26)32-29(31-21(3)36)37-30(27,22-10-14-24(15-11-22)33(4)5)23-12-16-25(17-13-23)34(6)7/h23-33H,7-22H2,1-6H3,(H,44,45,48);10-20H,8-9H2,1-7H3,(H,31,32,36). The Hall–Kier alpha value is -6.70. The van der Waals surface area contributed by atoms with E-state index in [1.165, 1.54) is 96.0 Å². The molecule has 11 nitrogen and oxygen atoms in total. The first-order valence-electron chi connectivity index (χ1n) is 31.7. The molecule has 6 aromatic carbocycles. The molecule has 2 N–H and O–H groups in total. The van der Waals surface area contributed by atoms with E-state index in [0.29, 0.717) is 16.8 Å². The molecular formula is C73H99N9O2S2. The van der Waals surface area contributed by atoms with Crippen molar-refractivity contribution in [3.63, 3.8) is 0 Å². The highest BCUT2D eigenvalue weighted by molar-refractivity contribution is 8.15. The van der Waals surface area contributed by atoms with Gasteiger partial charge in [-0.3, -0.25) is 9.59 Å². The molecule has 13 heteroatoms. The molecule has 0 fully saturated rings. The molecule has 0 saturated carbocycles. The molecule has 2 aliphatic heterocycles. The topological polar surface area (TPSA) is 99.1 Å². The van der Waals surface area contributed by atoms with Gasteiger partial charge in [0.05, 0.1) is 11.4 Å². The van der Waals surface area contributed by atoms with Crippen molar-refractivity contribution in [2.24, 2.45) is 9.98 Å². The summed E-state index contributed by atoms with van der Waals surface area (Å²) in [5, 5.41) is 7.50. The fourth-order valence-electron chi connectivity index (χ4n) is 11.7. The van der Waals surface area contributed by atoms with Crippen LogP contribution in [-0.4, -0.2) is 91.6 Å². The quantitative estimate of drug-likeness (QED) is 0.0489. The molecule has 6 aromatic rings. The minimum absolute atomic E-state index is 0.0521. The number of aryl methyl sites for hydroxylation is 1. The summed E-state index contributed by atoms with van der Waals surface area (Å²) in [7, 11) is 16.5. The van der Waals surface area contributed by atoms with Crippen LogP contribution in [0, 0.1) is 6.92 Å². The summed E-state index contributed by atoms with van der Waals surface area (Å²) in [4.78, 5) is 46.2. The number of nitrogens with one attached hydrogen (secondary N) is 2. The molecule has 8 rings (SSSR count). The van der Waals surface area contributed by atoms with Gasteiger partial charge in [-0.2, -0.15) is 0 Å². The second-order valence-electron chi connectivity index (χ2n) is 24.0. The van der Waals surface area contributed by atoms with Crippen LogP contribution in [0.2, 0.25) is 0 Å². The molecule has 2 amide bonds. The molecule has 0 aromatic heterocycles. The van der Waals surface area contributed by atoms with E-state index in [1.54, 1.807) is 23.5 Å². The molecule has 460 valence electrons. The van der Waals surface area contributed by atoms with Crippen molar-refractivity contribution in [1.29, 1.82) is 0 Å². The van der Waals surface area contributed by atoms with Gasteiger partial charge in [0.1, 0.15) is 9.49 Å². The van der Waals surface area contributed by atoms with Crippen molar-refractivity contribution in [2.75, 3.05) is 94.0 Å². The van der Waals surface area contributed by atoms with Crippen LogP contribution < -0.4 is 35.1 Å². The Balaban J connectivity index is 0.000000255. The number of fused-ring (bicyclic) bond motifs is 2. The number of nitrogens with zero attached hydrogens (tertiary/aromatic N) is 7. The van der Waals surface area contributed by atoms with Crippen LogP contribution in [0.15, 0.2) is 143 Å². The number of anilines is 5. The number of thioether (sulfide) groups is 2. The number of hydrogen-bond acceptors (Lipinski definition) is 11. The molecular weight excluding hydrogens is 1100 g/mol. The zero-order chi connectivity index (χ0) is 61.8. The van der Waals surface area contributed by atoms with Crippen molar-refractivity contribution in [3.05, 3.63) is 172 Å². The summed E-state index contributed by atoms with van der Waals surface area (Å²) >= 11 is 3.24. The van der Waals surface area contributed by atoms with Gasteiger partial charge in [-0.05, 0) is 116 Å². The number of hydrogen-bond donors (Lipinski definition) is 2. The highest BCUT2D eigenvalue weighted by atomic mass is 32.2. The van der Waals surface area contributed by atoms with Crippen LogP contribution >= 0.6 is 23.5 Å². The first kappa shape index (κ1) is 66.8. The SMILES string of the molecule is CCCCCCCCCCCCCCCCCC(=O)NC1=Nc2ccc(C)cc2C(c2ccc(N(C)C)cc2)(c2ccc(N(C)C)cc2)S1.CCN(CC)c1ccc2c(c1)N=C(NC(C)=O)SC2(c1ccc(N(C)C)cc1)c1ccc(N(C)C)cc1. The number of benzene rings is 6. The summed E-state index contributed by atoms with van der Waals surface area (Å²) in [6.07, 6.45) is 20.3. The third-order valence-electron chi connectivity index (χ3n) is 16.7. The predicted octanol–water partition coefficient (Wildman–Crippen LogP) is 17.4. The van der Waals surface area contributed by atoms with E-state index in [9.17, 15) is 9.59 Å². The number of unbranched alkanes of at least 4 members (excludes halogenated alkanes) is 14. The number of aliphatic imine (C=N–C) groups is 2. The Morgan fingerprint density at radius 1 is 0.419 bits per heavy atom. The van der Waals surface area contributed by atoms with Crippen molar-refractivity contribution < 1.29 is 9.59 Å². The van der Waals surface area contributed by atoms with Gasteiger partial charge in [-0.15, -0.1) is 0 Å². The second-order valence-corrected chi connectivity index (χ2v) is 26.4. The average molecular weight is 1200 g/mol.